The zero-order valence-electron chi connectivity index (χ0n) is 11.8. The normalized spacial score (nSPS) is 27.1. The van der Waals surface area contributed by atoms with Gasteiger partial charge in [0.05, 0.1) is 11.6 Å². The Labute approximate surface area is 111 Å². The lowest BCUT2D eigenvalue weighted by atomic mass is 9.87. The van der Waals surface area contributed by atoms with Gasteiger partial charge in [-0.1, -0.05) is 38.1 Å². The number of hydrogen-bond donors (Lipinski definition) is 1. The summed E-state index contributed by atoms with van der Waals surface area (Å²) in [5.74, 6) is 0.619. The van der Waals surface area contributed by atoms with Crippen molar-refractivity contribution in [3.63, 3.8) is 0 Å². The molecule has 3 unspecified atom stereocenters. The lowest BCUT2D eigenvalue weighted by molar-refractivity contribution is -0.00173. The highest BCUT2D eigenvalue weighted by Gasteiger charge is 2.36. The first-order valence-corrected chi connectivity index (χ1v) is 7.06. The summed E-state index contributed by atoms with van der Waals surface area (Å²) < 4.78 is 5.83. The first kappa shape index (κ1) is 13.6. The van der Waals surface area contributed by atoms with Gasteiger partial charge >= 0.3 is 0 Å². The lowest BCUT2D eigenvalue weighted by Gasteiger charge is -2.30. The average molecular weight is 247 g/mol. The molecule has 0 saturated carbocycles. The molecule has 0 spiro atoms. The standard InChI is InChI=1S/C16H25NO/c1-4-12(2)13-6-8-14(9-7-13)15(17)16(3)10-5-11-18-16/h6-9,12,15H,4-5,10-11,17H2,1-3H3. The van der Waals surface area contributed by atoms with Crippen LogP contribution in [0.4, 0.5) is 0 Å². The Morgan fingerprint density at radius 2 is 1.89 bits per heavy atom. The van der Waals surface area contributed by atoms with E-state index in [2.05, 4.69) is 45.0 Å². The average Bonchev–Trinajstić information content (AvgIpc) is 2.85. The largest absolute Gasteiger partial charge is 0.373 e. The van der Waals surface area contributed by atoms with Gasteiger partial charge in [0, 0.05) is 6.61 Å². The Hall–Kier alpha value is -0.860. The first-order chi connectivity index (χ1) is 8.57. The van der Waals surface area contributed by atoms with Gasteiger partial charge in [-0.25, -0.2) is 0 Å². The summed E-state index contributed by atoms with van der Waals surface area (Å²) in [5, 5.41) is 0. The van der Waals surface area contributed by atoms with E-state index in [1.165, 1.54) is 17.5 Å². The minimum atomic E-state index is -0.183. The van der Waals surface area contributed by atoms with Crippen LogP contribution in [0.15, 0.2) is 24.3 Å². The highest BCUT2D eigenvalue weighted by atomic mass is 16.5. The molecule has 2 N–H and O–H groups in total. The van der Waals surface area contributed by atoms with E-state index in [4.69, 9.17) is 10.5 Å². The van der Waals surface area contributed by atoms with E-state index in [1.54, 1.807) is 0 Å². The van der Waals surface area contributed by atoms with Gasteiger partial charge in [-0.2, -0.15) is 0 Å². The number of rotatable bonds is 4. The Bertz CT molecular complexity index is 379. The first-order valence-electron chi connectivity index (χ1n) is 7.06. The third kappa shape index (κ3) is 2.60. The van der Waals surface area contributed by atoms with E-state index >= 15 is 0 Å². The Morgan fingerprint density at radius 1 is 1.28 bits per heavy atom. The molecule has 3 atom stereocenters. The Morgan fingerprint density at radius 3 is 2.39 bits per heavy atom. The lowest BCUT2D eigenvalue weighted by Crippen LogP contribution is -2.37. The summed E-state index contributed by atoms with van der Waals surface area (Å²) in [7, 11) is 0. The fraction of sp³-hybridized carbons (Fsp3) is 0.625. The molecule has 2 heteroatoms. The third-order valence-electron chi connectivity index (χ3n) is 4.38. The molecule has 1 heterocycles. The molecule has 100 valence electrons. The molecule has 1 fully saturated rings. The summed E-state index contributed by atoms with van der Waals surface area (Å²) in [6.07, 6.45) is 3.35. The van der Waals surface area contributed by atoms with Crippen LogP contribution in [0.2, 0.25) is 0 Å². The third-order valence-corrected chi connectivity index (χ3v) is 4.38. The van der Waals surface area contributed by atoms with Crippen molar-refractivity contribution in [2.24, 2.45) is 5.73 Å². The van der Waals surface area contributed by atoms with Gasteiger partial charge in [0.25, 0.3) is 0 Å². The molecule has 1 aromatic rings. The summed E-state index contributed by atoms with van der Waals surface area (Å²) in [4.78, 5) is 0. The second-order valence-electron chi connectivity index (χ2n) is 5.72. The number of nitrogens with two attached hydrogens (primary N) is 1. The zero-order chi connectivity index (χ0) is 13.2. The van der Waals surface area contributed by atoms with Gasteiger partial charge in [-0.15, -0.1) is 0 Å². The van der Waals surface area contributed by atoms with E-state index in [9.17, 15) is 0 Å². The predicted molar refractivity (Wildman–Crippen MR) is 75.7 cm³/mol. The molecule has 0 aliphatic carbocycles. The second kappa shape index (κ2) is 5.41. The van der Waals surface area contributed by atoms with E-state index in [1.807, 2.05) is 0 Å². The highest BCUT2D eigenvalue weighted by Crippen LogP contribution is 2.36. The van der Waals surface area contributed by atoms with Crippen LogP contribution < -0.4 is 5.73 Å². The molecule has 1 aliphatic heterocycles. The van der Waals surface area contributed by atoms with Crippen LogP contribution in [0, 0.1) is 0 Å². The van der Waals surface area contributed by atoms with Crippen LogP contribution in [-0.4, -0.2) is 12.2 Å². The van der Waals surface area contributed by atoms with E-state index in [-0.39, 0.29) is 11.6 Å². The van der Waals surface area contributed by atoms with E-state index < -0.39 is 0 Å². The topological polar surface area (TPSA) is 35.2 Å². The van der Waals surface area contributed by atoms with E-state index in [0.717, 1.165) is 19.4 Å². The van der Waals surface area contributed by atoms with Gasteiger partial charge in [0.15, 0.2) is 0 Å². The van der Waals surface area contributed by atoms with Crippen LogP contribution in [-0.2, 0) is 4.74 Å². The van der Waals surface area contributed by atoms with Gasteiger partial charge in [-0.05, 0) is 43.2 Å². The maximum Gasteiger partial charge on any atom is 0.0847 e. The van der Waals surface area contributed by atoms with Crippen molar-refractivity contribution >= 4 is 0 Å². The van der Waals surface area contributed by atoms with Crippen molar-refractivity contribution in [3.8, 4) is 0 Å². The van der Waals surface area contributed by atoms with Crippen molar-refractivity contribution < 1.29 is 4.74 Å². The van der Waals surface area contributed by atoms with Crippen LogP contribution in [0.5, 0.6) is 0 Å². The summed E-state index contributed by atoms with van der Waals surface area (Å²) >= 11 is 0. The van der Waals surface area contributed by atoms with Crippen molar-refractivity contribution in [3.05, 3.63) is 35.4 Å². The van der Waals surface area contributed by atoms with E-state index in [0.29, 0.717) is 5.92 Å². The van der Waals surface area contributed by atoms with Crippen LogP contribution in [0.1, 0.15) is 63.1 Å². The fourth-order valence-electron chi connectivity index (χ4n) is 2.67. The molecule has 0 radical (unpaired) electrons. The minimum absolute atomic E-state index is 0.0222. The Balaban J connectivity index is 2.14. The number of ether oxygens (including phenoxy) is 1. The summed E-state index contributed by atoms with van der Waals surface area (Å²) in [6.45, 7) is 7.45. The smallest absolute Gasteiger partial charge is 0.0847 e. The molecule has 2 nitrogen and oxygen atoms in total. The van der Waals surface area contributed by atoms with Crippen molar-refractivity contribution in [2.75, 3.05) is 6.61 Å². The summed E-state index contributed by atoms with van der Waals surface area (Å²) in [5.41, 5.74) is 8.77. The number of hydrogen-bond acceptors (Lipinski definition) is 2. The van der Waals surface area contributed by atoms with Gasteiger partial charge < -0.3 is 10.5 Å². The molecular weight excluding hydrogens is 222 g/mol. The monoisotopic (exact) mass is 247 g/mol. The quantitative estimate of drug-likeness (QED) is 0.879. The molecule has 0 amide bonds. The predicted octanol–water partition coefficient (Wildman–Crippen LogP) is 3.77. The fourth-order valence-corrected chi connectivity index (χ4v) is 2.67. The minimum Gasteiger partial charge on any atom is -0.373 e. The van der Waals surface area contributed by atoms with Crippen LogP contribution in [0.3, 0.4) is 0 Å². The molecule has 2 rings (SSSR count). The molecule has 1 aromatic carbocycles. The molecule has 18 heavy (non-hydrogen) atoms. The maximum absolute atomic E-state index is 6.37. The van der Waals surface area contributed by atoms with Crippen molar-refractivity contribution in [1.82, 2.24) is 0 Å². The number of benzene rings is 1. The molecule has 0 bridgehead atoms. The van der Waals surface area contributed by atoms with Crippen LogP contribution >= 0.6 is 0 Å². The molecule has 1 aliphatic rings. The van der Waals surface area contributed by atoms with Gasteiger partial charge in [0.1, 0.15) is 0 Å². The summed E-state index contributed by atoms with van der Waals surface area (Å²) in [6, 6.07) is 8.73. The maximum atomic E-state index is 6.37. The van der Waals surface area contributed by atoms with Gasteiger partial charge in [0.2, 0.25) is 0 Å². The molecular formula is C16H25NO. The highest BCUT2D eigenvalue weighted by molar-refractivity contribution is 5.28. The van der Waals surface area contributed by atoms with Gasteiger partial charge in [-0.3, -0.25) is 0 Å². The van der Waals surface area contributed by atoms with Crippen molar-refractivity contribution in [1.29, 1.82) is 0 Å². The SMILES string of the molecule is CCC(C)c1ccc(C(N)C2(C)CCCO2)cc1. The molecule has 0 aromatic heterocycles. The Kier molecular flexibility index (Phi) is 4.08. The molecule has 1 saturated heterocycles. The second-order valence-corrected chi connectivity index (χ2v) is 5.72. The van der Waals surface area contributed by atoms with Crippen LogP contribution in [0.25, 0.3) is 0 Å². The zero-order valence-corrected chi connectivity index (χ0v) is 11.8. The van der Waals surface area contributed by atoms with Crippen molar-refractivity contribution in [2.45, 2.75) is 57.6 Å².